The Bertz CT molecular complexity index is 152. The quantitative estimate of drug-likeness (QED) is 0.395. The first kappa shape index (κ1) is 9.14. The van der Waals surface area contributed by atoms with Crippen molar-refractivity contribution in [2.45, 2.75) is 20.3 Å². The van der Waals surface area contributed by atoms with Crippen LogP contribution < -0.4 is 0 Å². The van der Waals surface area contributed by atoms with Crippen LogP contribution in [-0.4, -0.2) is 30.7 Å². The Labute approximate surface area is 61.7 Å². The van der Waals surface area contributed by atoms with E-state index in [2.05, 4.69) is 4.99 Å². The minimum absolute atomic E-state index is 0.100. The molecule has 0 atom stereocenters. The molecule has 0 radical (unpaired) electrons. The molecule has 0 N–H and O–H groups in total. The van der Waals surface area contributed by atoms with Gasteiger partial charge in [0.1, 0.15) is 5.84 Å². The summed E-state index contributed by atoms with van der Waals surface area (Å²) >= 11 is 0. The molecule has 0 unspecified atom stereocenters. The second-order valence-corrected chi connectivity index (χ2v) is 2.08. The Hall–Kier alpha value is -0.860. The summed E-state index contributed by atoms with van der Waals surface area (Å²) in [7, 11) is 3.41. The van der Waals surface area contributed by atoms with E-state index in [0.29, 0.717) is 6.42 Å². The first-order valence-corrected chi connectivity index (χ1v) is 3.33. The van der Waals surface area contributed by atoms with E-state index >= 15 is 0 Å². The van der Waals surface area contributed by atoms with Crippen molar-refractivity contribution in [3.8, 4) is 0 Å². The predicted molar refractivity (Wildman–Crippen MR) is 42.1 cm³/mol. The zero-order chi connectivity index (χ0) is 8.15. The lowest BCUT2D eigenvalue weighted by Crippen LogP contribution is -2.30. The molecule has 58 valence electrons. The number of nitrogens with zero attached hydrogens (tertiary/aromatic N) is 2. The Kier molecular flexibility index (Phi) is 3.69. The Morgan fingerprint density at radius 1 is 1.60 bits per heavy atom. The molecule has 0 aliphatic heterocycles. The normalized spacial score (nSPS) is 11.4. The van der Waals surface area contributed by atoms with E-state index in [4.69, 9.17) is 0 Å². The van der Waals surface area contributed by atoms with Gasteiger partial charge in [0, 0.05) is 20.5 Å². The van der Waals surface area contributed by atoms with Gasteiger partial charge >= 0.3 is 0 Å². The largest absolute Gasteiger partial charge is 0.304 e. The van der Waals surface area contributed by atoms with Gasteiger partial charge in [-0.2, -0.15) is 0 Å². The van der Waals surface area contributed by atoms with Crippen molar-refractivity contribution < 1.29 is 4.79 Å². The van der Waals surface area contributed by atoms with E-state index in [-0.39, 0.29) is 5.91 Å². The van der Waals surface area contributed by atoms with Gasteiger partial charge in [-0.05, 0) is 6.92 Å². The summed E-state index contributed by atoms with van der Waals surface area (Å²) in [6, 6.07) is 0. The Morgan fingerprint density at radius 3 is 2.40 bits per heavy atom. The van der Waals surface area contributed by atoms with Crippen LogP contribution in [0.5, 0.6) is 0 Å². The van der Waals surface area contributed by atoms with Crippen LogP contribution in [0.15, 0.2) is 4.99 Å². The molecule has 3 nitrogen and oxygen atoms in total. The molecule has 10 heavy (non-hydrogen) atoms. The molecule has 0 aromatic rings. The number of amides is 1. The number of rotatable bonds is 1. The number of hydrogen-bond acceptors (Lipinski definition) is 2. The Morgan fingerprint density at radius 2 is 2.10 bits per heavy atom. The van der Waals surface area contributed by atoms with Crippen molar-refractivity contribution in [1.29, 1.82) is 0 Å². The zero-order valence-electron chi connectivity index (χ0n) is 7.01. The molecular weight excluding hydrogens is 128 g/mol. The van der Waals surface area contributed by atoms with Gasteiger partial charge < -0.3 is 4.90 Å². The van der Waals surface area contributed by atoms with Gasteiger partial charge in [-0.1, -0.05) is 6.92 Å². The summed E-state index contributed by atoms with van der Waals surface area (Å²) in [6.45, 7) is 3.65. The SMILES string of the molecule is CCC(=O)N(C)/C(C)=N\C. The molecule has 0 aliphatic carbocycles. The summed E-state index contributed by atoms with van der Waals surface area (Å²) in [4.78, 5) is 16.4. The molecule has 0 bridgehead atoms. The molecule has 0 saturated carbocycles. The van der Waals surface area contributed by atoms with E-state index in [9.17, 15) is 4.79 Å². The van der Waals surface area contributed by atoms with Crippen molar-refractivity contribution in [3.63, 3.8) is 0 Å². The Balaban J connectivity index is 4.08. The minimum atomic E-state index is 0.100. The molecule has 3 heteroatoms. The highest BCUT2D eigenvalue weighted by Crippen LogP contribution is 1.91. The van der Waals surface area contributed by atoms with Crippen LogP contribution in [-0.2, 0) is 4.79 Å². The van der Waals surface area contributed by atoms with Crippen LogP contribution in [0.1, 0.15) is 20.3 Å². The zero-order valence-corrected chi connectivity index (χ0v) is 7.01. The molecule has 0 heterocycles. The van der Waals surface area contributed by atoms with Crippen LogP contribution in [0.3, 0.4) is 0 Å². The number of carbonyl (C=O) groups excluding carboxylic acids is 1. The van der Waals surface area contributed by atoms with Crippen molar-refractivity contribution in [3.05, 3.63) is 0 Å². The van der Waals surface area contributed by atoms with Crippen LogP contribution in [0.25, 0.3) is 0 Å². The molecule has 0 fully saturated rings. The van der Waals surface area contributed by atoms with Gasteiger partial charge in [0.15, 0.2) is 0 Å². The predicted octanol–water partition coefficient (Wildman–Crippen LogP) is 0.903. The highest BCUT2D eigenvalue weighted by molar-refractivity contribution is 5.96. The summed E-state index contributed by atoms with van der Waals surface area (Å²) in [6.07, 6.45) is 0.531. The maximum atomic E-state index is 11.0. The summed E-state index contributed by atoms with van der Waals surface area (Å²) < 4.78 is 0. The third-order valence-electron chi connectivity index (χ3n) is 1.49. The van der Waals surface area contributed by atoms with Crippen LogP contribution in [0.2, 0.25) is 0 Å². The molecule has 0 saturated heterocycles. The van der Waals surface area contributed by atoms with Gasteiger partial charge in [0.25, 0.3) is 0 Å². The third-order valence-corrected chi connectivity index (χ3v) is 1.49. The lowest BCUT2D eigenvalue weighted by atomic mass is 10.4. The second kappa shape index (κ2) is 4.04. The van der Waals surface area contributed by atoms with Crippen molar-refractivity contribution in [1.82, 2.24) is 4.90 Å². The van der Waals surface area contributed by atoms with Crippen molar-refractivity contribution in [2.75, 3.05) is 14.1 Å². The average molecular weight is 142 g/mol. The highest BCUT2D eigenvalue weighted by atomic mass is 16.2. The highest BCUT2D eigenvalue weighted by Gasteiger charge is 2.06. The van der Waals surface area contributed by atoms with Gasteiger partial charge in [0.2, 0.25) is 5.91 Å². The van der Waals surface area contributed by atoms with Crippen molar-refractivity contribution in [2.24, 2.45) is 4.99 Å². The summed E-state index contributed by atoms with van der Waals surface area (Å²) in [5.41, 5.74) is 0. The monoisotopic (exact) mass is 142 g/mol. The molecule has 0 aromatic heterocycles. The lowest BCUT2D eigenvalue weighted by molar-refractivity contribution is -0.126. The molecular formula is C7H14N2O. The summed E-state index contributed by atoms with van der Waals surface area (Å²) in [5.74, 6) is 0.856. The molecule has 0 aliphatic rings. The van der Waals surface area contributed by atoms with Gasteiger partial charge in [0.05, 0.1) is 0 Å². The number of aliphatic imine (C=N–C) groups is 1. The number of amidine groups is 1. The molecule has 1 amide bonds. The van der Waals surface area contributed by atoms with E-state index in [1.165, 1.54) is 0 Å². The standard InChI is InChI=1S/C7H14N2O/c1-5-7(10)9(4)6(2)8-3/h5H2,1-4H3/b8-6-. The van der Waals surface area contributed by atoms with Gasteiger partial charge in [-0.25, -0.2) is 0 Å². The van der Waals surface area contributed by atoms with E-state index < -0.39 is 0 Å². The van der Waals surface area contributed by atoms with Crippen LogP contribution >= 0.6 is 0 Å². The topological polar surface area (TPSA) is 32.7 Å². The van der Waals surface area contributed by atoms with Crippen LogP contribution in [0, 0.1) is 0 Å². The smallest absolute Gasteiger partial charge is 0.227 e. The van der Waals surface area contributed by atoms with E-state index in [1.807, 2.05) is 13.8 Å². The van der Waals surface area contributed by atoms with E-state index in [1.54, 1.807) is 19.0 Å². The van der Waals surface area contributed by atoms with Gasteiger partial charge in [-0.3, -0.25) is 9.79 Å². The maximum Gasteiger partial charge on any atom is 0.227 e. The average Bonchev–Trinajstić information content (AvgIpc) is 2.00. The molecule has 0 rings (SSSR count). The molecule has 0 aromatic carbocycles. The number of carbonyl (C=O) groups is 1. The fourth-order valence-corrected chi connectivity index (χ4v) is 0.568. The first-order valence-electron chi connectivity index (χ1n) is 3.33. The lowest BCUT2D eigenvalue weighted by Gasteiger charge is -2.14. The van der Waals surface area contributed by atoms with Crippen LogP contribution in [0.4, 0.5) is 0 Å². The second-order valence-electron chi connectivity index (χ2n) is 2.08. The molecule has 0 spiro atoms. The first-order chi connectivity index (χ1) is 4.63. The third kappa shape index (κ3) is 2.17. The van der Waals surface area contributed by atoms with Gasteiger partial charge in [-0.15, -0.1) is 0 Å². The van der Waals surface area contributed by atoms with E-state index in [0.717, 1.165) is 5.84 Å². The van der Waals surface area contributed by atoms with Crippen molar-refractivity contribution >= 4 is 11.7 Å². The maximum absolute atomic E-state index is 11.0. The fraction of sp³-hybridized carbons (Fsp3) is 0.714. The number of hydrogen-bond donors (Lipinski definition) is 0. The fourth-order valence-electron chi connectivity index (χ4n) is 0.568. The minimum Gasteiger partial charge on any atom is -0.304 e. The summed E-state index contributed by atoms with van der Waals surface area (Å²) in [5, 5.41) is 0.